The number of carbonyl (C=O) groups is 5. The minimum Gasteiger partial charge on any atom is -1.00 e. The van der Waals surface area contributed by atoms with Gasteiger partial charge >= 0.3 is 12.1 Å². The van der Waals surface area contributed by atoms with Gasteiger partial charge in [0.1, 0.15) is 28.4 Å². The van der Waals surface area contributed by atoms with Gasteiger partial charge in [-0.15, -0.1) is 11.8 Å². The van der Waals surface area contributed by atoms with Crippen LogP contribution in [0, 0.1) is 0 Å². The molecule has 0 spiro atoms. The molecule has 2 fully saturated rings. The number of fused-ring (bicyclic) bond motifs is 1. The highest BCUT2D eigenvalue weighted by atomic mass is 79.9. The lowest BCUT2D eigenvalue weighted by Gasteiger charge is -2.49. The molecule has 0 saturated carbocycles. The Morgan fingerprint density at radius 2 is 1.67 bits per heavy atom. The zero-order valence-corrected chi connectivity index (χ0v) is 30.7. The Morgan fingerprint density at radius 3 is 2.27 bits per heavy atom. The number of pyridine rings is 1. The molecule has 0 radical (unpaired) electrons. The topological polar surface area (TPSA) is 152 Å². The van der Waals surface area contributed by atoms with Gasteiger partial charge in [0.05, 0.1) is 0 Å². The maximum Gasteiger partial charge on any atom is 0.408 e. The summed E-state index contributed by atoms with van der Waals surface area (Å²) in [7, 11) is 0. The van der Waals surface area contributed by atoms with Crippen LogP contribution in [0.5, 0.6) is 0 Å². The Kier molecular flexibility index (Phi) is 11.4. The SMILES string of the molecule is CC(C)(C)OC(=O)N[C@@H]1C(=O)N2C(C(=O)OC(c3ccccc3)c3ccccc3)=C(C=C3CCN(c4ccc[n+](CC(N)=O)c4)C3=O)CS[C@H]12.[Br-]. The lowest BCUT2D eigenvalue weighted by molar-refractivity contribution is -0.683. The van der Waals surface area contributed by atoms with Gasteiger partial charge in [-0.05, 0) is 56.0 Å². The fourth-order valence-electron chi connectivity index (χ4n) is 6.08. The van der Waals surface area contributed by atoms with Gasteiger partial charge in [0.15, 0.2) is 18.5 Å². The lowest BCUT2D eigenvalue weighted by atomic mass is 10.00. The zero-order valence-electron chi connectivity index (χ0n) is 28.3. The molecule has 4 amide bonds. The highest BCUT2D eigenvalue weighted by Gasteiger charge is 2.55. The number of carbonyl (C=O) groups excluding carboxylic acids is 5. The van der Waals surface area contributed by atoms with Gasteiger partial charge in [-0.2, -0.15) is 4.57 Å². The molecule has 12 nitrogen and oxygen atoms in total. The monoisotopic (exact) mass is 775 g/mol. The van der Waals surface area contributed by atoms with E-state index in [1.54, 1.807) is 60.8 Å². The number of aromatic nitrogens is 1. The van der Waals surface area contributed by atoms with Crippen LogP contribution in [0.2, 0.25) is 0 Å². The van der Waals surface area contributed by atoms with Crippen molar-refractivity contribution in [3.8, 4) is 0 Å². The van der Waals surface area contributed by atoms with E-state index in [-0.39, 0.29) is 40.9 Å². The van der Waals surface area contributed by atoms with Gasteiger partial charge in [-0.25, -0.2) is 9.59 Å². The number of amides is 4. The van der Waals surface area contributed by atoms with E-state index in [0.717, 1.165) is 11.1 Å². The number of hydrogen-bond acceptors (Lipinski definition) is 8. The summed E-state index contributed by atoms with van der Waals surface area (Å²) in [6.07, 6.45) is 3.91. The van der Waals surface area contributed by atoms with Gasteiger partial charge in [-0.3, -0.25) is 19.3 Å². The molecule has 2 saturated heterocycles. The van der Waals surface area contributed by atoms with Gasteiger partial charge in [0, 0.05) is 23.9 Å². The number of anilines is 1. The van der Waals surface area contributed by atoms with E-state index in [4.69, 9.17) is 15.2 Å². The van der Waals surface area contributed by atoms with Crippen molar-refractivity contribution in [1.82, 2.24) is 10.2 Å². The van der Waals surface area contributed by atoms with Crippen LogP contribution < -0.4 is 37.5 Å². The number of allylic oxidation sites excluding steroid dienone is 1. The number of thioether (sulfide) groups is 1. The summed E-state index contributed by atoms with van der Waals surface area (Å²) < 4.78 is 13.2. The number of rotatable bonds is 9. The number of benzene rings is 2. The average molecular weight is 777 g/mol. The number of nitrogens with two attached hydrogens (primary N) is 1. The Morgan fingerprint density at radius 1 is 1.02 bits per heavy atom. The largest absolute Gasteiger partial charge is 1.00 e. The fraction of sp³-hybridized carbons (Fsp3) is 0.297. The second kappa shape index (κ2) is 15.5. The van der Waals surface area contributed by atoms with Gasteiger partial charge < -0.3 is 42.4 Å². The van der Waals surface area contributed by atoms with Crippen molar-refractivity contribution in [1.29, 1.82) is 0 Å². The summed E-state index contributed by atoms with van der Waals surface area (Å²) in [5, 5.41) is 2.06. The molecule has 6 rings (SSSR count). The first-order chi connectivity index (χ1) is 23.9. The molecule has 4 heterocycles. The Hall–Kier alpha value is -4.95. The second-order valence-corrected chi connectivity index (χ2v) is 14.2. The predicted octanol–water partition coefficient (Wildman–Crippen LogP) is 0.522. The average Bonchev–Trinajstić information content (AvgIpc) is 3.44. The third kappa shape index (κ3) is 8.34. The maximum absolute atomic E-state index is 14.3. The minimum absolute atomic E-state index is 0. The third-order valence-corrected chi connectivity index (χ3v) is 9.56. The van der Waals surface area contributed by atoms with Crippen LogP contribution in [-0.2, 0) is 35.2 Å². The number of β-lactam (4-membered cyclic amide) rings is 1. The fourth-order valence-corrected chi connectivity index (χ4v) is 7.38. The number of primary amides is 1. The molecule has 0 bridgehead atoms. The van der Waals surface area contributed by atoms with Gasteiger partial charge in [0.2, 0.25) is 6.54 Å². The van der Waals surface area contributed by atoms with Gasteiger partial charge in [0.25, 0.3) is 17.7 Å². The van der Waals surface area contributed by atoms with Crippen LogP contribution in [0.25, 0.3) is 0 Å². The van der Waals surface area contributed by atoms with Crippen LogP contribution in [0.1, 0.15) is 44.4 Å². The summed E-state index contributed by atoms with van der Waals surface area (Å²) in [6, 6.07) is 21.2. The maximum atomic E-state index is 14.3. The lowest BCUT2D eigenvalue weighted by Crippen LogP contribution is -3.00. The van der Waals surface area contributed by atoms with E-state index >= 15 is 0 Å². The van der Waals surface area contributed by atoms with Crippen molar-refractivity contribution in [3.05, 3.63) is 119 Å². The number of esters is 1. The Bertz CT molecular complexity index is 1860. The molecule has 0 unspecified atom stereocenters. The van der Waals surface area contributed by atoms with Crippen molar-refractivity contribution in [2.75, 3.05) is 17.2 Å². The summed E-state index contributed by atoms with van der Waals surface area (Å²) in [4.78, 5) is 68.8. The molecular formula is C37H38BrN5O7S. The van der Waals surface area contributed by atoms with Crippen molar-refractivity contribution >= 4 is 47.2 Å². The third-order valence-electron chi connectivity index (χ3n) is 8.26. The molecule has 3 aromatic rings. The molecule has 51 heavy (non-hydrogen) atoms. The number of nitrogens with one attached hydrogen (secondary N) is 1. The summed E-state index contributed by atoms with van der Waals surface area (Å²) in [6.45, 7) is 5.53. The number of nitrogens with zero attached hydrogens (tertiary/aromatic N) is 3. The van der Waals surface area contributed by atoms with E-state index in [0.29, 0.717) is 29.8 Å². The van der Waals surface area contributed by atoms with Crippen LogP contribution in [0.15, 0.2) is 108 Å². The van der Waals surface area contributed by atoms with E-state index in [1.165, 1.54) is 16.7 Å². The first-order valence-corrected chi connectivity index (χ1v) is 17.2. The first kappa shape index (κ1) is 37.3. The van der Waals surface area contributed by atoms with E-state index in [9.17, 15) is 24.0 Å². The van der Waals surface area contributed by atoms with Crippen LogP contribution in [0.3, 0.4) is 0 Å². The van der Waals surface area contributed by atoms with Crippen molar-refractivity contribution in [2.45, 2.75) is 56.9 Å². The highest BCUT2D eigenvalue weighted by Crippen LogP contribution is 2.43. The molecule has 2 aromatic carbocycles. The van der Waals surface area contributed by atoms with E-state index in [1.807, 2.05) is 60.7 Å². The van der Waals surface area contributed by atoms with Crippen LogP contribution >= 0.6 is 11.8 Å². The predicted molar refractivity (Wildman–Crippen MR) is 185 cm³/mol. The zero-order chi connectivity index (χ0) is 35.6. The van der Waals surface area contributed by atoms with Crippen molar-refractivity contribution in [2.24, 2.45) is 5.73 Å². The molecule has 3 aliphatic heterocycles. The molecule has 3 N–H and O–H groups in total. The molecular weight excluding hydrogens is 738 g/mol. The minimum atomic E-state index is -0.917. The molecule has 266 valence electrons. The Balaban J connectivity index is 0.00000504. The van der Waals surface area contributed by atoms with Crippen LogP contribution in [-0.4, -0.2) is 64.0 Å². The number of hydrogen-bond donors (Lipinski definition) is 2. The number of alkyl carbamates (subject to hydrolysis) is 1. The summed E-state index contributed by atoms with van der Waals surface area (Å²) in [5.74, 6) is -1.73. The van der Waals surface area contributed by atoms with E-state index < -0.39 is 47.0 Å². The Labute approximate surface area is 310 Å². The van der Waals surface area contributed by atoms with Crippen molar-refractivity contribution < 1.29 is 55.0 Å². The van der Waals surface area contributed by atoms with E-state index in [2.05, 4.69) is 5.32 Å². The quantitative estimate of drug-likeness (QED) is 0.138. The number of ether oxygens (including phenoxy) is 2. The van der Waals surface area contributed by atoms with Gasteiger partial charge in [-0.1, -0.05) is 60.7 Å². The highest BCUT2D eigenvalue weighted by molar-refractivity contribution is 8.00. The molecule has 14 heteroatoms. The smallest absolute Gasteiger partial charge is 0.408 e. The van der Waals surface area contributed by atoms with Crippen molar-refractivity contribution in [3.63, 3.8) is 0 Å². The molecule has 0 aliphatic carbocycles. The normalized spacial score (nSPS) is 19.3. The summed E-state index contributed by atoms with van der Waals surface area (Å²) >= 11 is 1.37. The molecule has 3 aliphatic rings. The number of halogens is 1. The molecule has 2 atom stereocenters. The standard InChI is InChI=1S/C37H37N5O7S.BrH/c1-37(2,3)49-36(47)39-29-33(45)42-30(35(46)48-31(23-11-6-4-7-12-23)24-13-8-5-9-14-24)26(22-50-34(29)42)19-25-16-18-41(32(25)44)27-15-10-17-40(20-27)21-28(38)43;/h4-15,17,19-20,29,31,34H,16,18,21-22H2,1-3H3,(H2-,38,39,43,47);1H/t29-,34-;/m1./s1. The summed E-state index contributed by atoms with van der Waals surface area (Å²) in [5.41, 5.74) is 7.61. The van der Waals surface area contributed by atoms with Crippen LogP contribution in [0.4, 0.5) is 10.5 Å². The second-order valence-electron chi connectivity index (χ2n) is 13.1. The molecule has 1 aromatic heterocycles. The first-order valence-electron chi connectivity index (χ1n) is 16.2.